The molecule has 1 saturated heterocycles. The van der Waals surface area contributed by atoms with Gasteiger partial charge in [0.2, 0.25) is 0 Å². The maximum Gasteiger partial charge on any atom is 0.276 e. The van der Waals surface area contributed by atoms with Crippen LogP contribution in [0.1, 0.15) is 44.2 Å². The van der Waals surface area contributed by atoms with Crippen molar-refractivity contribution in [3.8, 4) is 0 Å². The van der Waals surface area contributed by atoms with Crippen molar-refractivity contribution in [2.45, 2.75) is 18.8 Å². The fourth-order valence-corrected chi connectivity index (χ4v) is 4.25. The van der Waals surface area contributed by atoms with Crippen molar-refractivity contribution in [3.05, 3.63) is 76.6 Å². The Balaban J connectivity index is 1.30. The molecule has 0 atom stereocenters. The number of H-pyrrole nitrogens is 1. The van der Waals surface area contributed by atoms with Gasteiger partial charge < -0.3 is 20.9 Å². The van der Waals surface area contributed by atoms with Gasteiger partial charge in [0.25, 0.3) is 23.6 Å². The number of hydrogen-bond donors (Lipinski definition) is 4. The molecular formula is C25H24ClF3N6O3. The van der Waals surface area contributed by atoms with Gasteiger partial charge in [0.05, 0.1) is 23.5 Å². The van der Waals surface area contributed by atoms with Crippen molar-refractivity contribution in [2.75, 3.05) is 36.8 Å². The second-order valence-corrected chi connectivity index (χ2v) is 9.13. The molecule has 2 heterocycles. The number of halogens is 4. The molecule has 2 aromatic carbocycles. The predicted octanol–water partition coefficient (Wildman–Crippen LogP) is 4.17. The van der Waals surface area contributed by atoms with Gasteiger partial charge in [-0.15, -0.1) is 0 Å². The number of piperidine rings is 1. The van der Waals surface area contributed by atoms with E-state index >= 15 is 0 Å². The van der Waals surface area contributed by atoms with E-state index in [0.29, 0.717) is 24.3 Å². The monoisotopic (exact) mass is 548 g/mol. The third kappa shape index (κ3) is 6.90. The van der Waals surface area contributed by atoms with Crippen LogP contribution in [0.2, 0.25) is 5.02 Å². The summed E-state index contributed by atoms with van der Waals surface area (Å²) in [6.45, 7) is 0.577. The molecule has 1 fully saturated rings. The number of carbonyl (C=O) groups excluding carboxylic acids is 3. The maximum atomic E-state index is 13.5. The average Bonchev–Trinajstić information content (AvgIpc) is 3.35. The normalized spacial score (nSPS) is 15.1. The first-order chi connectivity index (χ1) is 18.1. The highest BCUT2D eigenvalue weighted by atomic mass is 35.5. The minimum absolute atomic E-state index is 0.0294. The minimum Gasteiger partial charge on any atom is -0.349 e. The molecule has 3 amide bonds. The molecule has 9 nitrogen and oxygen atoms in total. The Morgan fingerprint density at radius 3 is 2.37 bits per heavy atom. The van der Waals surface area contributed by atoms with Crippen molar-refractivity contribution in [2.24, 2.45) is 0 Å². The summed E-state index contributed by atoms with van der Waals surface area (Å²) in [6, 6.07) is 9.56. The number of rotatable bonds is 8. The van der Waals surface area contributed by atoms with Crippen LogP contribution < -0.4 is 16.0 Å². The van der Waals surface area contributed by atoms with Crippen LogP contribution in [0.3, 0.4) is 0 Å². The molecule has 0 bridgehead atoms. The van der Waals surface area contributed by atoms with Crippen molar-refractivity contribution in [3.63, 3.8) is 0 Å². The van der Waals surface area contributed by atoms with Crippen molar-refractivity contribution < 1.29 is 27.6 Å². The van der Waals surface area contributed by atoms with E-state index in [-0.39, 0.29) is 48.0 Å². The number of benzene rings is 2. The summed E-state index contributed by atoms with van der Waals surface area (Å²) >= 11 is 5.92. The Labute approximate surface area is 220 Å². The van der Waals surface area contributed by atoms with Crippen molar-refractivity contribution in [1.29, 1.82) is 0 Å². The lowest BCUT2D eigenvalue weighted by Crippen LogP contribution is -2.45. The standard InChI is InChI=1S/C25H24ClF3N6O3/c26-19-12-15(27)2-7-18(19)22(36)33-16-3-5-17(6-4-16)34-24(38)21-20(31-14-32-21)23(37)30-9-11-35-10-1-8-25(28,29)13-35/h2-7,12,14H,1,8-11,13H2,(H,30,37)(H,31,32)(H,33,36)(H,34,38). The van der Waals surface area contributed by atoms with E-state index in [0.717, 1.165) is 12.1 Å². The largest absolute Gasteiger partial charge is 0.349 e. The zero-order valence-corrected chi connectivity index (χ0v) is 20.7. The molecular weight excluding hydrogens is 525 g/mol. The highest BCUT2D eigenvalue weighted by molar-refractivity contribution is 6.34. The van der Waals surface area contributed by atoms with E-state index in [9.17, 15) is 27.6 Å². The number of carbonyl (C=O) groups is 3. The number of amides is 3. The number of nitrogens with zero attached hydrogens (tertiary/aromatic N) is 2. The fraction of sp³-hybridized carbons (Fsp3) is 0.280. The summed E-state index contributed by atoms with van der Waals surface area (Å²) in [4.78, 5) is 45.8. The second-order valence-electron chi connectivity index (χ2n) is 8.73. The fourth-order valence-electron chi connectivity index (χ4n) is 3.99. The van der Waals surface area contributed by atoms with Crippen molar-refractivity contribution >= 4 is 40.7 Å². The smallest absolute Gasteiger partial charge is 0.276 e. The number of hydrogen-bond acceptors (Lipinski definition) is 5. The highest BCUT2D eigenvalue weighted by Crippen LogP contribution is 2.26. The number of aromatic amines is 1. The van der Waals surface area contributed by atoms with Gasteiger partial charge in [-0.3, -0.25) is 19.3 Å². The van der Waals surface area contributed by atoms with Crippen molar-refractivity contribution in [1.82, 2.24) is 20.2 Å². The molecule has 1 aromatic heterocycles. The van der Waals surface area contributed by atoms with Gasteiger partial charge in [-0.25, -0.2) is 18.2 Å². The van der Waals surface area contributed by atoms with Crippen LogP contribution >= 0.6 is 11.6 Å². The molecule has 0 spiro atoms. The Hall–Kier alpha value is -3.90. The van der Waals surface area contributed by atoms with E-state index in [1.807, 2.05) is 0 Å². The third-order valence-electron chi connectivity index (χ3n) is 5.84. The molecule has 4 N–H and O–H groups in total. The molecule has 4 rings (SSSR count). The van der Waals surface area contributed by atoms with Crippen LogP contribution in [0.15, 0.2) is 48.8 Å². The summed E-state index contributed by atoms with van der Waals surface area (Å²) in [5.74, 6) is -5.06. The summed E-state index contributed by atoms with van der Waals surface area (Å²) in [5.41, 5.74) is 0.665. The lowest BCUT2D eigenvalue weighted by molar-refractivity contribution is -0.0632. The van der Waals surface area contributed by atoms with E-state index < -0.39 is 29.5 Å². The number of alkyl halides is 2. The summed E-state index contributed by atoms with van der Waals surface area (Å²) in [7, 11) is 0. The van der Waals surface area contributed by atoms with Gasteiger partial charge in [0.1, 0.15) is 11.5 Å². The number of anilines is 2. The third-order valence-corrected chi connectivity index (χ3v) is 6.16. The summed E-state index contributed by atoms with van der Waals surface area (Å²) in [5, 5.41) is 7.83. The van der Waals surface area contributed by atoms with E-state index in [1.54, 1.807) is 4.90 Å². The molecule has 13 heteroatoms. The molecule has 0 saturated carbocycles. The number of likely N-dealkylation sites (tertiary alicyclic amines) is 1. The van der Waals surface area contributed by atoms with E-state index in [4.69, 9.17) is 11.6 Å². The lowest BCUT2D eigenvalue weighted by atomic mass is 10.1. The number of imidazole rings is 1. The maximum absolute atomic E-state index is 13.5. The van der Waals surface area contributed by atoms with Crippen LogP contribution in [-0.4, -0.2) is 64.7 Å². The topological polar surface area (TPSA) is 119 Å². The molecule has 1 aliphatic rings. The van der Waals surface area contributed by atoms with Gasteiger partial charge in [-0.2, -0.15) is 0 Å². The van der Waals surface area contributed by atoms with Crippen LogP contribution in [0.4, 0.5) is 24.5 Å². The van der Waals surface area contributed by atoms with E-state index in [1.165, 1.54) is 36.7 Å². The average molecular weight is 549 g/mol. The highest BCUT2D eigenvalue weighted by Gasteiger charge is 2.34. The molecule has 1 aliphatic heterocycles. The Kier molecular flexibility index (Phi) is 8.32. The van der Waals surface area contributed by atoms with Gasteiger partial charge >= 0.3 is 0 Å². The Morgan fingerprint density at radius 1 is 1.03 bits per heavy atom. The lowest BCUT2D eigenvalue weighted by Gasteiger charge is -2.32. The first kappa shape index (κ1) is 27.1. The molecule has 0 radical (unpaired) electrons. The predicted molar refractivity (Wildman–Crippen MR) is 135 cm³/mol. The Morgan fingerprint density at radius 2 is 1.71 bits per heavy atom. The van der Waals surface area contributed by atoms with Crippen LogP contribution in [0.25, 0.3) is 0 Å². The van der Waals surface area contributed by atoms with Crippen LogP contribution in [0.5, 0.6) is 0 Å². The SMILES string of the molecule is O=C(Nc1ccc(NC(=O)c2nc[nH]c2C(=O)NCCN2CCCC(F)(F)C2)cc1)c1ccc(F)cc1Cl. The summed E-state index contributed by atoms with van der Waals surface area (Å²) in [6.07, 6.45) is 1.46. The molecule has 3 aromatic rings. The first-order valence-electron chi connectivity index (χ1n) is 11.7. The van der Waals surface area contributed by atoms with Crippen LogP contribution in [0, 0.1) is 5.82 Å². The first-order valence-corrected chi connectivity index (χ1v) is 12.1. The number of aromatic nitrogens is 2. The quantitative estimate of drug-likeness (QED) is 0.337. The minimum atomic E-state index is -2.73. The van der Waals surface area contributed by atoms with Gasteiger partial charge in [-0.05, 0) is 55.4 Å². The zero-order chi connectivity index (χ0) is 27.3. The van der Waals surface area contributed by atoms with Gasteiger partial charge in [0.15, 0.2) is 5.69 Å². The summed E-state index contributed by atoms with van der Waals surface area (Å²) < 4.78 is 40.3. The Bertz CT molecular complexity index is 1330. The zero-order valence-electron chi connectivity index (χ0n) is 20.0. The molecule has 38 heavy (non-hydrogen) atoms. The molecule has 0 unspecified atom stereocenters. The van der Waals surface area contributed by atoms with E-state index in [2.05, 4.69) is 25.9 Å². The van der Waals surface area contributed by atoms with Gasteiger partial charge in [0, 0.05) is 30.9 Å². The van der Waals surface area contributed by atoms with Crippen LogP contribution in [-0.2, 0) is 0 Å². The molecule has 0 aliphatic carbocycles. The second kappa shape index (κ2) is 11.7. The van der Waals surface area contributed by atoms with Gasteiger partial charge in [-0.1, -0.05) is 11.6 Å². The molecule has 200 valence electrons. The number of nitrogens with one attached hydrogen (secondary N) is 4.